The van der Waals surface area contributed by atoms with E-state index in [1.165, 1.54) is 0 Å². The lowest BCUT2D eigenvalue weighted by Crippen LogP contribution is -1.78. The quantitative estimate of drug-likeness (QED) is 0.709. The summed E-state index contributed by atoms with van der Waals surface area (Å²) in [5.41, 5.74) is 0.773. The minimum absolute atomic E-state index is 0.437. The minimum atomic E-state index is 0.437. The molecule has 0 unspecified atom stereocenters. The van der Waals surface area contributed by atoms with E-state index in [4.69, 9.17) is 11.6 Å². The molecule has 0 bridgehead atoms. The molecule has 2 aromatic rings. The third-order valence-corrected chi connectivity index (χ3v) is 2.03. The summed E-state index contributed by atoms with van der Waals surface area (Å²) < 4.78 is 0.719. The smallest absolute Gasteiger partial charge is 0.155 e. The van der Waals surface area contributed by atoms with Gasteiger partial charge in [-0.1, -0.05) is 11.6 Å². The van der Waals surface area contributed by atoms with Crippen LogP contribution < -0.4 is 0 Å². The molecular formula is C6H3BrClN3. The molecule has 0 amide bonds. The lowest BCUT2D eigenvalue weighted by molar-refractivity contribution is 1.11. The average molecular weight is 232 g/mol. The number of hydrogen-bond donors (Lipinski definition) is 1. The van der Waals surface area contributed by atoms with Crippen LogP contribution in [0, 0.1) is 0 Å². The van der Waals surface area contributed by atoms with Crippen molar-refractivity contribution in [2.24, 2.45) is 0 Å². The zero-order chi connectivity index (χ0) is 7.84. The largest absolute Gasteiger partial charge is 0.275 e. The topological polar surface area (TPSA) is 41.6 Å². The summed E-state index contributed by atoms with van der Waals surface area (Å²) in [6.45, 7) is 0. The summed E-state index contributed by atoms with van der Waals surface area (Å²) in [6, 6.07) is 1.85. The molecule has 0 saturated heterocycles. The second-order valence-electron chi connectivity index (χ2n) is 2.07. The van der Waals surface area contributed by atoms with Crippen molar-refractivity contribution < 1.29 is 0 Å². The molecule has 1 N–H and O–H groups in total. The van der Waals surface area contributed by atoms with Crippen LogP contribution in [0.15, 0.2) is 16.9 Å². The highest BCUT2D eigenvalue weighted by Gasteiger charge is 2.02. The molecule has 11 heavy (non-hydrogen) atoms. The number of aromatic amines is 1. The summed E-state index contributed by atoms with van der Waals surface area (Å²) in [6.07, 6.45) is 1.70. The highest BCUT2D eigenvalue weighted by atomic mass is 79.9. The van der Waals surface area contributed by atoms with E-state index >= 15 is 0 Å². The van der Waals surface area contributed by atoms with Gasteiger partial charge >= 0.3 is 0 Å². The molecule has 0 fully saturated rings. The number of fused-ring (bicyclic) bond motifs is 1. The molecule has 3 nitrogen and oxygen atoms in total. The van der Waals surface area contributed by atoms with Crippen molar-refractivity contribution in [3.63, 3.8) is 0 Å². The molecule has 0 aliphatic carbocycles. The second kappa shape index (κ2) is 2.46. The van der Waals surface area contributed by atoms with Crippen LogP contribution in [0.1, 0.15) is 0 Å². The predicted octanol–water partition coefficient (Wildman–Crippen LogP) is 2.37. The van der Waals surface area contributed by atoms with E-state index < -0.39 is 0 Å². The number of hydrogen-bond acceptors (Lipinski definition) is 2. The molecular weight excluding hydrogens is 229 g/mol. The zero-order valence-electron chi connectivity index (χ0n) is 5.31. The number of nitrogens with one attached hydrogen (secondary N) is 1. The summed E-state index contributed by atoms with van der Waals surface area (Å²) in [5, 5.41) is 7.98. The summed E-state index contributed by atoms with van der Waals surface area (Å²) in [5.74, 6) is 0. The Hall–Kier alpha value is -0.610. The zero-order valence-corrected chi connectivity index (χ0v) is 7.65. The first kappa shape index (κ1) is 7.06. The molecule has 0 spiro atoms. The molecule has 0 saturated carbocycles. The lowest BCUT2D eigenvalue weighted by Gasteiger charge is -1.92. The predicted molar refractivity (Wildman–Crippen MR) is 46.6 cm³/mol. The van der Waals surface area contributed by atoms with Gasteiger partial charge in [0.15, 0.2) is 5.15 Å². The fraction of sp³-hybridized carbons (Fsp3) is 0. The van der Waals surface area contributed by atoms with Gasteiger partial charge in [0.2, 0.25) is 0 Å². The second-order valence-corrected chi connectivity index (χ2v) is 3.24. The maximum absolute atomic E-state index is 5.79. The molecule has 2 heterocycles. The molecule has 0 atom stereocenters. The van der Waals surface area contributed by atoms with E-state index in [0.717, 1.165) is 15.5 Å². The van der Waals surface area contributed by atoms with Crippen LogP contribution in [0.4, 0.5) is 0 Å². The van der Waals surface area contributed by atoms with E-state index in [1.54, 1.807) is 6.20 Å². The first-order chi connectivity index (χ1) is 5.27. The van der Waals surface area contributed by atoms with E-state index in [-0.39, 0.29) is 0 Å². The SMILES string of the molecule is Clc1nc(Br)cc2cn[nH]c12. The molecule has 0 aliphatic rings. The highest BCUT2D eigenvalue weighted by molar-refractivity contribution is 9.10. The fourth-order valence-corrected chi connectivity index (χ4v) is 1.65. The molecule has 56 valence electrons. The number of aromatic nitrogens is 3. The molecule has 2 aromatic heterocycles. The molecule has 0 aliphatic heterocycles. The molecule has 2 rings (SSSR count). The van der Waals surface area contributed by atoms with Crippen molar-refractivity contribution in [2.45, 2.75) is 0 Å². The van der Waals surface area contributed by atoms with Gasteiger partial charge < -0.3 is 0 Å². The van der Waals surface area contributed by atoms with Crippen molar-refractivity contribution in [3.05, 3.63) is 22.0 Å². The Morgan fingerprint density at radius 3 is 3.18 bits per heavy atom. The maximum Gasteiger partial charge on any atom is 0.155 e. The van der Waals surface area contributed by atoms with Crippen LogP contribution in [0.25, 0.3) is 10.9 Å². The van der Waals surface area contributed by atoms with Crippen molar-refractivity contribution in [1.29, 1.82) is 0 Å². The Morgan fingerprint density at radius 2 is 2.36 bits per heavy atom. The van der Waals surface area contributed by atoms with Crippen molar-refractivity contribution in [3.8, 4) is 0 Å². The third-order valence-electron chi connectivity index (χ3n) is 1.35. The summed E-state index contributed by atoms with van der Waals surface area (Å²) >= 11 is 9.02. The van der Waals surface area contributed by atoms with Gasteiger partial charge in [0.25, 0.3) is 0 Å². The number of halogens is 2. The van der Waals surface area contributed by atoms with Gasteiger partial charge in [-0.25, -0.2) is 4.98 Å². The number of rotatable bonds is 0. The Morgan fingerprint density at radius 1 is 1.55 bits per heavy atom. The first-order valence-electron chi connectivity index (χ1n) is 2.92. The van der Waals surface area contributed by atoms with E-state index in [9.17, 15) is 0 Å². The first-order valence-corrected chi connectivity index (χ1v) is 4.09. The van der Waals surface area contributed by atoms with Gasteiger partial charge in [-0.05, 0) is 22.0 Å². The molecule has 0 radical (unpaired) electrons. The van der Waals surface area contributed by atoms with Gasteiger partial charge in [-0.15, -0.1) is 0 Å². The number of H-pyrrole nitrogens is 1. The summed E-state index contributed by atoms with van der Waals surface area (Å²) in [7, 11) is 0. The number of pyridine rings is 1. The standard InChI is InChI=1S/C6H3BrClN3/c7-4-1-3-2-9-11-5(3)6(8)10-4/h1-2H,(H,9,11). The van der Waals surface area contributed by atoms with Crippen LogP contribution in [0.5, 0.6) is 0 Å². The fourth-order valence-electron chi connectivity index (χ4n) is 0.880. The maximum atomic E-state index is 5.79. The van der Waals surface area contributed by atoms with Crippen molar-refractivity contribution in [2.75, 3.05) is 0 Å². The number of nitrogens with zero attached hydrogens (tertiary/aromatic N) is 2. The van der Waals surface area contributed by atoms with Gasteiger partial charge in [0.05, 0.1) is 6.20 Å². The van der Waals surface area contributed by atoms with Crippen LogP contribution in [0.3, 0.4) is 0 Å². The van der Waals surface area contributed by atoms with Gasteiger partial charge in [0.1, 0.15) is 10.1 Å². The summed E-state index contributed by atoms with van der Waals surface area (Å²) in [4.78, 5) is 3.98. The van der Waals surface area contributed by atoms with Gasteiger partial charge in [0, 0.05) is 5.39 Å². The Kier molecular flexibility index (Phi) is 1.58. The molecule has 0 aromatic carbocycles. The Balaban J connectivity index is 2.91. The third kappa shape index (κ3) is 1.12. The van der Waals surface area contributed by atoms with E-state index in [2.05, 4.69) is 31.1 Å². The lowest BCUT2D eigenvalue weighted by atomic mass is 10.3. The van der Waals surface area contributed by atoms with Crippen LogP contribution in [-0.4, -0.2) is 15.2 Å². The van der Waals surface area contributed by atoms with Gasteiger partial charge in [-0.2, -0.15) is 5.10 Å². The normalized spacial score (nSPS) is 10.7. The molecule has 5 heteroatoms. The van der Waals surface area contributed by atoms with Crippen molar-refractivity contribution in [1.82, 2.24) is 15.2 Å². The Bertz CT molecular complexity index is 398. The monoisotopic (exact) mass is 231 g/mol. The van der Waals surface area contributed by atoms with Crippen LogP contribution >= 0.6 is 27.5 Å². The van der Waals surface area contributed by atoms with Crippen LogP contribution in [0.2, 0.25) is 5.15 Å². The average Bonchev–Trinajstić information content (AvgIpc) is 2.34. The van der Waals surface area contributed by atoms with E-state index in [1.807, 2.05) is 6.07 Å². The van der Waals surface area contributed by atoms with Gasteiger partial charge in [-0.3, -0.25) is 5.10 Å². The van der Waals surface area contributed by atoms with E-state index in [0.29, 0.717) is 5.15 Å². The Labute approximate surface area is 75.9 Å². The minimum Gasteiger partial charge on any atom is -0.275 e. The highest BCUT2D eigenvalue weighted by Crippen LogP contribution is 2.21. The van der Waals surface area contributed by atoms with Crippen LogP contribution in [-0.2, 0) is 0 Å². The van der Waals surface area contributed by atoms with Crippen molar-refractivity contribution >= 4 is 38.4 Å².